The fourth-order valence-electron chi connectivity index (χ4n) is 3.63. The molecule has 0 spiro atoms. The molecule has 128 valence electrons. The van der Waals surface area contributed by atoms with Crippen molar-refractivity contribution < 1.29 is 0 Å². The lowest BCUT2D eigenvalue weighted by Crippen LogP contribution is -2.36. The summed E-state index contributed by atoms with van der Waals surface area (Å²) < 4.78 is 0. The second-order valence-electron chi connectivity index (χ2n) is 7.24. The van der Waals surface area contributed by atoms with Crippen molar-refractivity contribution in [1.29, 1.82) is 0 Å². The zero-order chi connectivity index (χ0) is 16.9. The van der Waals surface area contributed by atoms with Crippen LogP contribution in [0.2, 0.25) is 0 Å². The molecule has 1 saturated heterocycles. The van der Waals surface area contributed by atoms with Gasteiger partial charge in [0.15, 0.2) is 0 Å². The van der Waals surface area contributed by atoms with Gasteiger partial charge in [-0.3, -0.25) is 4.90 Å². The number of benzene rings is 1. The second kappa shape index (κ2) is 7.80. The van der Waals surface area contributed by atoms with Crippen molar-refractivity contribution in [3.8, 4) is 0 Å². The molecule has 1 atom stereocenters. The van der Waals surface area contributed by atoms with Crippen LogP contribution in [0.25, 0.3) is 0 Å². The minimum atomic E-state index is 0.532. The number of piperidine rings is 1. The number of nitrogens with zero attached hydrogens (tertiary/aromatic N) is 3. The summed E-state index contributed by atoms with van der Waals surface area (Å²) in [6.07, 6.45) is 5.98. The summed E-state index contributed by atoms with van der Waals surface area (Å²) in [6.45, 7) is 7.01. The Balaban J connectivity index is 1.75. The van der Waals surface area contributed by atoms with E-state index in [1.807, 2.05) is 6.07 Å². The lowest BCUT2D eigenvalue weighted by Gasteiger charge is -2.37. The maximum atomic E-state index is 4.74. The van der Waals surface area contributed by atoms with Gasteiger partial charge in [0, 0.05) is 31.5 Å². The first-order chi connectivity index (χ1) is 11.6. The summed E-state index contributed by atoms with van der Waals surface area (Å²) in [6, 6.07) is 15.3. The van der Waals surface area contributed by atoms with Crippen molar-refractivity contribution in [2.24, 2.45) is 5.92 Å². The summed E-state index contributed by atoms with van der Waals surface area (Å²) in [5, 5.41) is 0. The smallest absolute Gasteiger partial charge is 0.132 e. The Labute approximate surface area is 146 Å². The van der Waals surface area contributed by atoms with Crippen LogP contribution in [-0.2, 0) is 0 Å². The molecule has 3 heteroatoms. The Morgan fingerprint density at radius 3 is 2.58 bits per heavy atom. The van der Waals surface area contributed by atoms with Gasteiger partial charge in [-0.2, -0.15) is 0 Å². The fraction of sp³-hybridized carbons (Fsp3) is 0.476. The summed E-state index contributed by atoms with van der Waals surface area (Å²) in [5.74, 6) is 1.71. The van der Waals surface area contributed by atoms with E-state index in [1.165, 1.54) is 37.9 Å². The lowest BCUT2D eigenvalue weighted by molar-refractivity contribution is 0.132. The summed E-state index contributed by atoms with van der Waals surface area (Å²) in [4.78, 5) is 9.52. The first kappa shape index (κ1) is 17.0. The van der Waals surface area contributed by atoms with E-state index in [-0.39, 0.29) is 0 Å². The molecule has 2 heterocycles. The number of likely N-dealkylation sites (tertiary alicyclic amines) is 1. The standard InChI is InChI=1S/C21H29N3/c1-17(2)16-24-14-8-7-11-20(24)18-12-13-21(22-15-18)23(3)19-9-5-4-6-10-19/h4-6,9-10,12-13,15,17,20H,7-8,11,14,16H2,1-3H3/t20-/m0/s1. The van der Waals surface area contributed by atoms with Crippen LogP contribution in [0.4, 0.5) is 11.5 Å². The number of hydrogen-bond acceptors (Lipinski definition) is 3. The van der Waals surface area contributed by atoms with E-state index in [2.05, 4.69) is 73.3 Å². The van der Waals surface area contributed by atoms with Gasteiger partial charge in [0.25, 0.3) is 0 Å². The highest BCUT2D eigenvalue weighted by Gasteiger charge is 2.24. The minimum Gasteiger partial charge on any atom is -0.329 e. The van der Waals surface area contributed by atoms with Crippen molar-refractivity contribution in [1.82, 2.24) is 9.88 Å². The molecule has 0 bridgehead atoms. The highest BCUT2D eigenvalue weighted by atomic mass is 15.2. The molecular weight excluding hydrogens is 294 g/mol. The average molecular weight is 323 g/mol. The number of hydrogen-bond donors (Lipinski definition) is 0. The van der Waals surface area contributed by atoms with Crippen LogP contribution < -0.4 is 4.90 Å². The number of para-hydroxylation sites is 1. The Morgan fingerprint density at radius 1 is 1.12 bits per heavy atom. The van der Waals surface area contributed by atoms with Gasteiger partial charge in [-0.25, -0.2) is 4.98 Å². The van der Waals surface area contributed by atoms with Crippen LogP contribution in [0.5, 0.6) is 0 Å². The molecule has 3 nitrogen and oxygen atoms in total. The molecule has 0 aliphatic carbocycles. The van der Waals surface area contributed by atoms with Gasteiger partial charge in [-0.05, 0) is 49.1 Å². The third kappa shape index (κ3) is 3.96. The van der Waals surface area contributed by atoms with Crippen molar-refractivity contribution in [3.05, 3.63) is 54.2 Å². The van der Waals surface area contributed by atoms with Gasteiger partial charge in [-0.1, -0.05) is 44.5 Å². The Morgan fingerprint density at radius 2 is 1.92 bits per heavy atom. The number of anilines is 2. The first-order valence-corrected chi connectivity index (χ1v) is 9.14. The molecule has 24 heavy (non-hydrogen) atoms. The maximum absolute atomic E-state index is 4.74. The van der Waals surface area contributed by atoms with Crippen LogP contribution in [-0.4, -0.2) is 30.0 Å². The molecule has 1 aliphatic heterocycles. The quantitative estimate of drug-likeness (QED) is 0.769. The molecule has 0 unspecified atom stereocenters. The maximum Gasteiger partial charge on any atom is 0.132 e. The zero-order valence-corrected chi connectivity index (χ0v) is 15.2. The molecule has 2 aromatic rings. The van der Waals surface area contributed by atoms with Gasteiger partial charge < -0.3 is 4.90 Å². The molecule has 0 N–H and O–H groups in total. The third-order valence-corrected chi connectivity index (χ3v) is 4.86. The van der Waals surface area contributed by atoms with E-state index >= 15 is 0 Å². The van der Waals surface area contributed by atoms with Crippen LogP contribution in [0.1, 0.15) is 44.7 Å². The summed E-state index contributed by atoms with van der Waals surface area (Å²) >= 11 is 0. The molecule has 0 radical (unpaired) electrons. The molecule has 3 rings (SSSR count). The van der Waals surface area contributed by atoms with Crippen LogP contribution in [0.15, 0.2) is 48.7 Å². The molecule has 1 aromatic carbocycles. The van der Waals surface area contributed by atoms with Crippen LogP contribution in [0, 0.1) is 5.92 Å². The number of rotatable bonds is 5. The predicted molar refractivity (Wildman–Crippen MR) is 102 cm³/mol. The normalized spacial score (nSPS) is 18.8. The van der Waals surface area contributed by atoms with Gasteiger partial charge in [0.05, 0.1) is 0 Å². The zero-order valence-electron chi connectivity index (χ0n) is 15.2. The summed E-state index contributed by atoms with van der Waals surface area (Å²) in [5.41, 5.74) is 2.53. The van der Waals surface area contributed by atoms with E-state index in [9.17, 15) is 0 Å². The molecule has 1 aromatic heterocycles. The van der Waals surface area contributed by atoms with E-state index < -0.39 is 0 Å². The Hall–Kier alpha value is -1.87. The number of pyridine rings is 1. The van der Waals surface area contributed by atoms with E-state index in [1.54, 1.807) is 0 Å². The SMILES string of the molecule is CC(C)CN1CCCC[C@H]1c1ccc(N(C)c2ccccc2)nc1. The molecule has 0 amide bonds. The second-order valence-corrected chi connectivity index (χ2v) is 7.24. The largest absolute Gasteiger partial charge is 0.329 e. The van der Waals surface area contributed by atoms with E-state index in [0.29, 0.717) is 12.0 Å². The minimum absolute atomic E-state index is 0.532. The first-order valence-electron chi connectivity index (χ1n) is 9.14. The van der Waals surface area contributed by atoms with Crippen molar-refractivity contribution in [2.45, 2.75) is 39.2 Å². The van der Waals surface area contributed by atoms with Crippen molar-refractivity contribution in [2.75, 3.05) is 25.0 Å². The van der Waals surface area contributed by atoms with Crippen molar-refractivity contribution in [3.63, 3.8) is 0 Å². The van der Waals surface area contributed by atoms with Gasteiger partial charge in [-0.15, -0.1) is 0 Å². The topological polar surface area (TPSA) is 19.4 Å². The Bertz CT molecular complexity index is 621. The van der Waals surface area contributed by atoms with E-state index in [4.69, 9.17) is 4.98 Å². The number of aromatic nitrogens is 1. The third-order valence-electron chi connectivity index (χ3n) is 4.86. The monoisotopic (exact) mass is 323 g/mol. The van der Waals surface area contributed by atoms with Crippen LogP contribution >= 0.6 is 0 Å². The van der Waals surface area contributed by atoms with Gasteiger partial charge in [0.1, 0.15) is 5.82 Å². The van der Waals surface area contributed by atoms with Gasteiger partial charge in [0.2, 0.25) is 0 Å². The average Bonchev–Trinajstić information content (AvgIpc) is 2.62. The highest BCUT2D eigenvalue weighted by molar-refractivity contribution is 5.58. The van der Waals surface area contributed by atoms with Crippen molar-refractivity contribution >= 4 is 11.5 Å². The molecule has 1 aliphatic rings. The van der Waals surface area contributed by atoms with Gasteiger partial charge >= 0.3 is 0 Å². The lowest BCUT2D eigenvalue weighted by atomic mass is 9.95. The van der Waals surface area contributed by atoms with E-state index in [0.717, 1.165) is 11.5 Å². The fourth-order valence-corrected chi connectivity index (χ4v) is 3.63. The molecule has 1 fully saturated rings. The highest BCUT2D eigenvalue weighted by Crippen LogP contribution is 2.32. The van der Waals surface area contributed by atoms with Crippen LogP contribution in [0.3, 0.4) is 0 Å². The summed E-state index contributed by atoms with van der Waals surface area (Å²) in [7, 11) is 2.07. The molecule has 0 saturated carbocycles. The molecular formula is C21H29N3. The Kier molecular flexibility index (Phi) is 5.52. The predicted octanol–water partition coefficient (Wildman–Crippen LogP) is 5.03.